The predicted molar refractivity (Wildman–Crippen MR) is 83.6 cm³/mol. The number of likely N-dealkylation sites (tertiary alicyclic amines) is 1. The first-order valence-electron chi connectivity index (χ1n) is 7.73. The highest BCUT2D eigenvalue weighted by Crippen LogP contribution is 2.30. The first-order chi connectivity index (χ1) is 10.7. The molecule has 0 saturated carbocycles. The molecule has 0 aliphatic carbocycles. The molecule has 22 heavy (non-hydrogen) atoms. The van der Waals surface area contributed by atoms with E-state index in [2.05, 4.69) is 9.97 Å². The lowest BCUT2D eigenvalue weighted by molar-refractivity contribution is -0.132. The Balaban J connectivity index is 1.55. The van der Waals surface area contributed by atoms with E-state index in [1.165, 1.54) is 0 Å². The summed E-state index contributed by atoms with van der Waals surface area (Å²) in [4.78, 5) is 22.0. The van der Waals surface area contributed by atoms with Gasteiger partial charge in [-0.25, -0.2) is 4.98 Å². The number of amides is 1. The molecule has 116 valence electrons. The second kappa shape index (κ2) is 6.64. The quantitative estimate of drug-likeness (QED) is 0.923. The van der Waals surface area contributed by atoms with E-state index in [-0.39, 0.29) is 11.9 Å². The lowest BCUT2D eigenvalue weighted by atomic mass is 10.2. The van der Waals surface area contributed by atoms with Gasteiger partial charge in [0.15, 0.2) is 0 Å². The highest BCUT2D eigenvalue weighted by atomic mass is 16.5. The Hall–Kier alpha value is -2.30. The van der Waals surface area contributed by atoms with E-state index >= 15 is 0 Å². The molecule has 0 bridgehead atoms. The molecular formula is C17H21N3O2. The molecule has 1 aliphatic heterocycles. The van der Waals surface area contributed by atoms with Crippen LogP contribution in [-0.2, 0) is 4.79 Å². The summed E-state index contributed by atoms with van der Waals surface area (Å²) in [7, 11) is 0. The topological polar surface area (TPSA) is 58.2 Å². The van der Waals surface area contributed by atoms with E-state index in [0.717, 1.165) is 36.7 Å². The summed E-state index contributed by atoms with van der Waals surface area (Å²) in [6, 6.07) is 9.67. The summed E-state index contributed by atoms with van der Waals surface area (Å²) in [5.74, 6) is 1.83. The summed E-state index contributed by atoms with van der Waals surface area (Å²) in [5, 5.41) is 0. The van der Waals surface area contributed by atoms with E-state index in [4.69, 9.17) is 4.74 Å². The molecule has 1 N–H and O–H groups in total. The zero-order valence-electron chi connectivity index (χ0n) is 12.8. The highest BCUT2D eigenvalue weighted by Gasteiger charge is 2.31. The maximum absolute atomic E-state index is 12.4. The van der Waals surface area contributed by atoms with Gasteiger partial charge in [0.05, 0.1) is 19.1 Å². The van der Waals surface area contributed by atoms with Gasteiger partial charge in [-0.3, -0.25) is 4.79 Å². The number of nitrogens with zero attached hydrogens (tertiary/aromatic N) is 2. The number of ether oxygens (including phenoxy) is 1. The van der Waals surface area contributed by atoms with Crippen LogP contribution >= 0.6 is 0 Å². The van der Waals surface area contributed by atoms with Crippen molar-refractivity contribution in [1.82, 2.24) is 14.9 Å². The molecule has 1 amide bonds. The van der Waals surface area contributed by atoms with Gasteiger partial charge in [0, 0.05) is 18.4 Å². The van der Waals surface area contributed by atoms with E-state index in [0.29, 0.717) is 13.0 Å². The lowest BCUT2D eigenvalue weighted by Gasteiger charge is -2.23. The standard InChI is InChI=1S/C17H21N3O2/c1-13-12-18-17(19-13)15-8-5-10-20(15)16(21)9-11-22-14-6-3-2-4-7-14/h2-4,6-7,12,15H,5,8-11H2,1H3,(H,18,19). The smallest absolute Gasteiger partial charge is 0.226 e. The number of para-hydroxylation sites is 1. The second-order valence-electron chi connectivity index (χ2n) is 5.61. The first-order valence-corrected chi connectivity index (χ1v) is 7.73. The Morgan fingerprint density at radius 2 is 2.23 bits per heavy atom. The second-order valence-corrected chi connectivity index (χ2v) is 5.61. The van der Waals surface area contributed by atoms with Crippen LogP contribution in [0.15, 0.2) is 36.5 Å². The molecule has 1 saturated heterocycles. The molecule has 2 heterocycles. The van der Waals surface area contributed by atoms with Crippen LogP contribution in [0.3, 0.4) is 0 Å². The number of nitrogens with one attached hydrogen (secondary N) is 1. The Labute approximate surface area is 130 Å². The Kier molecular flexibility index (Phi) is 4.42. The number of benzene rings is 1. The minimum Gasteiger partial charge on any atom is -0.493 e. The van der Waals surface area contributed by atoms with Gasteiger partial charge in [-0.1, -0.05) is 18.2 Å². The number of aromatic nitrogens is 2. The van der Waals surface area contributed by atoms with Crippen LogP contribution in [0.1, 0.15) is 36.8 Å². The summed E-state index contributed by atoms with van der Waals surface area (Å²) >= 11 is 0. The molecule has 5 nitrogen and oxygen atoms in total. The van der Waals surface area contributed by atoms with Crippen molar-refractivity contribution in [3.8, 4) is 5.75 Å². The van der Waals surface area contributed by atoms with Crippen LogP contribution in [-0.4, -0.2) is 33.9 Å². The number of hydrogen-bond donors (Lipinski definition) is 1. The minimum absolute atomic E-state index is 0.0814. The number of aromatic amines is 1. The zero-order chi connectivity index (χ0) is 15.4. The fraction of sp³-hybridized carbons (Fsp3) is 0.412. The number of hydrogen-bond acceptors (Lipinski definition) is 3. The number of imidazole rings is 1. The molecule has 3 rings (SSSR count). The molecule has 1 aromatic carbocycles. The van der Waals surface area contributed by atoms with Crippen molar-refractivity contribution in [3.05, 3.63) is 48.0 Å². The molecule has 1 atom stereocenters. The van der Waals surface area contributed by atoms with Crippen molar-refractivity contribution < 1.29 is 9.53 Å². The van der Waals surface area contributed by atoms with Crippen LogP contribution in [0.2, 0.25) is 0 Å². The summed E-state index contributed by atoms with van der Waals surface area (Å²) in [6.07, 6.45) is 4.20. The molecule has 1 unspecified atom stereocenters. The third-order valence-electron chi connectivity index (χ3n) is 3.94. The van der Waals surface area contributed by atoms with Crippen molar-refractivity contribution in [2.24, 2.45) is 0 Å². The van der Waals surface area contributed by atoms with E-state index in [1.807, 2.05) is 48.4 Å². The maximum Gasteiger partial charge on any atom is 0.226 e. The van der Waals surface area contributed by atoms with Gasteiger partial charge in [0.25, 0.3) is 0 Å². The van der Waals surface area contributed by atoms with Crippen molar-refractivity contribution in [2.45, 2.75) is 32.2 Å². The minimum atomic E-state index is 0.0814. The number of aryl methyl sites for hydroxylation is 1. The number of rotatable bonds is 5. The average Bonchev–Trinajstić information content (AvgIpc) is 3.16. The van der Waals surface area contributed by atoms with Gasteiger partial charge in [-0.15, -0.1) is 0 Å². The van der Waals surface area contributed by atoms with Gasteiger partial charge in [-0.2, -0.15) is 0 Å². The molecule has 5 heteroatoms. The van der Waals surface area contributed by atoms with Gasteiger partial charge in [0.2, 0.25) is 5.91 Å². The fourth-order valence-corrected chi connectivity index (χ4v) is 2.87. The highest BCUT2D eigenvalue weighted by molar-refractivity contribution is 5.77. The first kappa shape index (κ1) is 14.6. The SMILES string of the molecule is Cc1cnc(C2CCCN2C(=O)CCOc2ccccc2)[nH]1. The maximum atomic E-state index is 12.4. The van der Waals surface area contributed by atoms with Gasteiger partial charge in [0.1, 0.15) is 11.6 Å². The summed E-state index contributed by atoms with van der Waals surface area (Å²) < 4.78 is 5.61. The van der Waals surface area contributed by atoms with Crippen molar-refractivity contribution in [3.63, 3.8) is 0 Å². The fourth-order valence-electron chi connectivity index (χ4n) is 2.87. The van der Waals surface area contributed by atoms with Crippen LogP contribution in [0, 0.1) is 6.92 Å². The number of carbonyl (C=O) groups excluding carboxylic acids is 1. The van der Waals surface area contributed by atoms with Crippen LogP contribution in [0.25, 0.3) is 0 Å². The molecular weight excluding hydrogens is 278 g/mol. The largest absolute Gasteiger partial charge is 0.493 e. The van der Waals surface area contributed by atoms with Crippen molar-refractivity contribution in [1.29, 1.82) is 0 Å². The molecule has 0 radical (unpaired) electrons. The molecule has 1 fully saturated rings. The van der Waals surface area contributed by atoms with Gasteiger partial charge < -0.3 is 14.6 Å². The monoisotopic (exact) mass is 299 g/mol. The number of H-pyrrole nitrogens is 1. The van der Waals surface area contributed by atoms with E-state index < -0.39 is 0 Å². The van der Waals surface area contributed by atoms with E-state index in [1.54, 1.807) is 0 Å². The molecule has 1 aliphatic rings. The molecule has 1 aromatic heterocycles. The molecule has 2 aromatic rings. The van der Waals surface area contributed by atoms with Crippen LogP contribution in [0.5, 0.6) is 5.75 Å². The van der Waals surface area contributed by atoms with Gasteiger partial charge in [-0.05, 0) is 31.9 Å². The van der Waals surface area contributed by atoms with Crippen LogP contribution in [0.4, 0.5) is 0 Å². The normalized spacial score (nSPS) is 17.7. The number of carbonyl (C=O) groups is 1. The summed E-state index contributed by atoms with van der Waals surface area (Å²) in [5.41, 5.74) is 1.03. The predicted octanol–water partition coefficient (Wildman–Crippen LogP) is 2.85. The zero-order valence-corrected chi connectivity index (χ0v) is 12.8. The van der Waals surface area contributed by atoms with Crippen molar-refractivity contribution in [2.75, 3.05) is 13.2 Å². The van der Waals surface area contributed by atoms with Crippen molar-refractivity contribution >= 4 is 5.91 Å². The summed E-state index contributed by atoms with van der Waals surface area (Å²) in [6.45, 7) is 3.18. The Morgan fingerprint density at radius 1 is 1.41 bits per heavy atom. The Bertz CT molecular complexity index is 624. The molecule has 0 spiro atoms. The Morgan fingerprint density at radius 3 is 2.95 bits per heavy atom. The lowest BCUT2D eigenvalue weighted by Crippen LogP contribution is -2.32. The van der Waals surface area contributed by atoms with Crippen LogP contribution < -0.4 is 4.74 Å². The third-order valence-corrected chi connectivity index (χ3v) is 3.94. The van der Waals surface area contributed by atoms with E-state index in [9.17, 15) is 4.79 Å². The third kappa shape index (κ3) is 3.30. The average molecular weight is 299 g/mol. The van der Waals surface area contributed by atoms with Gasteiger partial charge >= 0.3 is 0 Å².